The maximum atomic E-state index is 11.2. The molecule has 128 valence electrons. The van der Waals surface area contributed by atoms with Gasteiger partial charge in [-0.25, -0.2) is 4.79 Å². The Kier molecular flexibility index (Phi) is 6.75. The van der Waals surface area contributed by atoms with Crippen molar-refractivity contribution in [1.82, 2.24) is 5.32 Å². The van der Waals surface area contributed by atoms with Gasteiger partial charge in [0, 0.05) is 5.02 Å². The Bertz CT molecular complexity index is 660. The average Bonchev–Trinajstić information content (AvgIpc) is 2.55. The van der Waals surface area contributed by atoms with Gasteiger partial charge in [-0.1, -0.05) is 17.7 Å². The number of nitrogens with one attached hydrogen (secondary N) is 1. The molecule has 2 aromatic rings. The van der Waals surface area contributed by atoms with Gasteiger partial charge in [-0.3, -0.25) is 0 Å². The standard InChI is InChI=1S/C18H20ClNO4/c1-3-22-18(21)20-12-13(2)23-15-7-9-16(10-8-15)24-17-6-4-5-14(19)11-17/h4-11,13H,3,12H2,1-2H3,(H,20,21). The molecule has 0 spiro atoms. The highest BCUT2D eigenvalue weighted by Crippen LogP contribution is 2.26. The highest BCUT2D eigenvalue weighted by molar-refractivity contribution is 6.30. The fourth-order valence-electron chi connectivity index (χ4n) is 1.94. The molecule has 0 saturated carbocycles. The van der Waals surface area contributed by atoms with Crippen LogP contribution in [0.5, 0.6) is 17.2 Å². The SMILES string of the molecule is CCOC(=O)NCC(C)Oc1ccc(Oc2cccc(Cl)c2)cc1. The third kappa shape index (κ3) is 6.01. The first-order valence-corrected chi connectivity index (χ1v) is 8.05. The number of ether oxygens (including phenoxy) is 3. The van der Waals surface area contributed by atoms with Crippen molar-refractivity contribution in [2.75, 3.05) is 13.2 Å². The minimum Gasteiger partial charge on any atom is -0.489 e. The van der Waals surface area contributed by atoms with Gasteiger partial charge in [0.1, 0.15) is 23.4 Å². The van der Waals surface area contributed by atoms with Crippen molar-refractivity contribution >= 4 is 17.7 Å². The molecule has 24 heavy (non-hydrogen) atoms. The number of carbonyl (C=O) groups is 1. The van der Waals surface area contributed by atoms with Crippen LogP contribution in [0.4, 0.5) is 4.79 Å². The molecule has 5 nitrogen and oxygen atoms in total. The van der Waals surface area contributed by atoms with Gasteiger partial charge in [-0.15, -0.1) is 0 Å². The first-order valence-electron chi connectivity index (χ1n) is 7.67. The molecule has 0 aliphatic rings. The number of benzene rings is 2. The second kappa shape index (κ2) is 9.03. The lowest BCUT2D eigenvalue weighted by atomic mass is 10.3. The summed E-state index contributed by atoms with van der Waals surface area (Å²) in [6.07, 6.45) is -0.632. The molecule has 0 heterocycles. The number of rotatable bonds is 7. The minimum atomic E-state index is -0.446. The molecule has 0 aliphatic heterocycles. The van der Waals surface area contributed by atoms with Gasteiger partial charge in [0.15, 0.2) is 0 Å². The summed E-state index contributed by atoms with van der Waals surface area (Å²) < 4.78 is 16.2. The van der Waals surface area contributed by atoms with Gasteiger partial charge in [0.05, 0.1) is 13.2 Å². The Morgan fingerprint density at radius 2 is 1.83 bits per heavy atom. The van der Waals surface area contributed by atoms with Crippen molar-refractivity contribution in [1.29, 1.82) is 0 Å². The zero-order valence-corrected chi connectivity index (χ0v) is 14.4. The summed E-state index contributed by atoms with van der Waals surface area (Å²) in [6, 6.07) is 14.4. The van der Waals surface area contributed by atoms with Crippen LogP contribution in [0.3, 0.4) is 0 Å². The molecule has 6 heteroatoms. The van der Waals surface area contributed by atoms with Gasteiger partial charge in [0.25, 0.3) is 0 Å². The monoisotopic (exact) mass is 349 g/mol. The van der Waals surface area contributed by atoms with E-state index in [0.29, 0.717) is 35.4 Å². The summed E-state index contributed by atoms with van der Waals surface area (Å²) in [5.41, 5.74) is 0. The summed E-state index contributed by atoms with van der Waals surface area (Å²) in [7, 11) is 0. The quantitative estimate of drug-likeness (QED) is 0.790. The molecule has 1 atom stereocenters. The highest BCUT2D eigenvalue weighted by Gasteiger charge is 2.07. The van der Waals surface area contributed by atoms with Crippen molar-refractivity contribution < 1.29 is 19.0 Å². The lowest BCUT2D eigenvalue weighted by Gasteiger charge is -2.15. The van der Waals surface area contributed by atoms with E-state index in [-0.39, 0.29) is 6.10 Å². The summed E-state index contributed by atoms with van der Waals surface area (Å²) >= 11 is 5.93. The fourth-order valence-corrected chi connectivity index (χ4v) is 2.12. The van der Waals surface area contributed by atoms with E-state index in [1.807, 2.05) is 31.2 Å². The average molecular weight is 350 g/mol. The van der Waals surface area contributed by atoms with Crippen LogP contribution in [-0.2, 0) is 4.74 Å². The van der Waals surface area contributed by atoms with Crippen molar-refractivity contribution in [2.24, 2.45) is 0 Å². The lowest BCUT2D eigenvalue weighted by molar-refractivity contribution is 0.143. The Morgan fingerprint density at radius 3 is 2.50 bits per heavy atom. The van der Waals surface area contributed by atoms with E-state index < -0.39 is 6.09 Å². The molecule has 0 aromatic heterocycles. The molecule has 0 aliphatic carbocycles. The van der Waals surface area contributed by atoms with Crippen LogP contribution in [0.15, 0.2) is 48.5 Å². The second-order valence-electron chi connectivity index (χ2n) is 5.06. The van der Waals surface area contributed by atoms with Gasteiger partial charge in [-0.05, 0) is 56.3 Å². The molecule has 1 amide bonds. The van der Waals surface area contributed by atoms with Crippen molar-refractivity contribution in [3.05, 3.63) is 53.6 Å². The number of amides is 1. The van der Waals surface area contributed by atoms with Gasteiger partial charge < -0.3 is 19.5 Å². The minimum absolute atomic E-state index is 0.186. The maximum absolute atomic E-state index is 11.2. The van der Waals surface area contributed by atoms with Crippen LogP contribution in [0.2, 0.25) is 5.02 Å². The van der Waals surface area contributed by atoms with Gasteiger partial charge in [0.2, 0.25) is 0 Å². The van der Waals surface area contributed by atoms with Crippen LogP contribution in [-0.4, -0.2) is 25.3 Å². The van der Waals surface area contributed by atoms with Crippen LogP contribution in [0.1, 0.15) is 13.8 Å². The van der Waals surface area contributed by atoms with E-state index in [1.165, 1.54) is 0 Å². The summed E-state index contributed by atoms with van der Waals surface area (Å²) in [6.45, 7) is 4.32. The first kappa shape index (κ1) is 17.9. The van der Waals surface area contributed by atoms with Crippen LogP contribution in [0.25, 0.3) is 0 Å². The van der Waals surface area contributed by atoms with Crippen LogP contribution < -0.4 is 14.8 Å². The predicted octanol–water partition coefficient (Wildman–Crippen LogP) is 4.65. The van der Waals surface area contributed by atoms with E-state index in [1.54, 1.807) is 31.2 Å². The zero-order chi connectivity index (χ0) is 17.4. The Morgan fingerprint density at radius 1 is 1.12 bits per heavy atom. The molecule has 2 rings (SSSR count). The first-order chi connectivity index (χ1) is 11.6. The Balaban J connectivity index is 1.84. The number of alkyl carbamates (subject to hydrolysis) is 1. The largest absolute Gasteiger partial charge is 0.489 e. The third-order valence-corrected chi connectivity index (χ3v) is 3.24. The number of halogens is 1. The molecule has 2 aromatic carbocycles. The predicted molar refractivity (Wildman–Crippen MR) is 93.1 cm³/mol. The molecular formula is C18H20ClNO4. The van der Waals surface area contributed by atoms with Crippen LogP contribution >= 0.6 is 11.6 Å². The van der Waals surface area contributed by atoms with E-state index >= 15 is 0 Å². The molecule has 0 radical (unpaired) electrons. The van der Waals surface area contributed by atoms with E-state index in [9.17, 15) is 4.79 Å². The molecular weight excluding hydrogens is 330 g/mol. The van der Waals surface area contributed by atoms with Crippen LogP contribution in [0, 0.1) is 0 Å². The number of hydrogen-bond donors (Lipinski definition) is 1. The zero-order valence-electron chi connectivity index (χ0n) is 13.6. The maximum Gasteiger partial charge on any atom is 0.407 e. The molecule has 0 fully saturated rings. The van der Waals surface area contributed by atoms with E-state index in [2.05, 4.69) is 5.32 Å². The number of carbonyl (C=O) groups excluding carboxylic acids is 1. The van der Waals surface area contributed by atoms with Crippen molar-refractivity contribution in [3.63, 3.8) is 0 Å². The summed E-state index contributed by atoms with van der Waals surface area (Å²) in [5, 5.41) is 3.25. The van der Waals surface area contributed by atoms with Crippen molar-refractivity contribution in [2.45, 2.75) is 20.0 Å². The smallest absolute Gasteiger partial charge is 0.407 e. The van der Waals surface area contributed by atoms with Gasteiger partial charge >= 0.3 is 6.09 Å². The molecule has 0 saturated heterocycles. The topological polar surface area (TPSA) is 56.8 Å². The summed E-state index contributed by atoms with van der Waals surface area (Å²) in [5.74, 6) is 2.04. The molecule has 0 bridgehead atoms. The highest BCUT2D eigenvalue weighted by atomic mass is 35.5. The third-order valence-electron chi connectivity index (χ3n) is 3.00. The Hall–Kier alpha value is -2.40. The molecule has 1 N–H and O–H groups in total. The fraction of sp³-hybridized carbons (Fsp3) is 0.278. The Labute approximate surface area is 146 Å². The number of hydrogen-bond acceptors (Lipinski definition) is 4. The molecule has 1 unspecified atom stereocenters. The van der Waals surface area contributed by atoms with E-state index in [4.69, 9.17) is 25.8 Å². The lowest BCUT2D eigenvalue weighted by Crippen LogP contribution is -2.33. The normalized spacial score (nSPS) is 11.5. The summed E-state index contributed by atoms with van der Waals surface area (Å²) in [4.78, 5) is 11.2. The van der Waals surface area contributed by atoms with Crippen molar-refractivity contribution in [3.8, 4) is 17.2 Å². The second-order valence-corrected chi connectivity index (χ2v) is 5.50. The van der Waals surface area contributed by atoms with Gasteiger partial charge in [-0.2, -0.15) is 0 Å². The van der Waals surface area contributed by atoms with E-state index in [0.717, 1.165) is 0 Å².